The third-order valence-electron chi connectivity index (χ3n) is 3.83. The van der Waals surface area contributed by atoms with Gasteiger partial charge in [-0.15, -0.1) is 0 Å². The highest BCUT2D eigenvalue weighted by molar-refractivity contribution is 5.49. The molecule has 1 fully saturated rings. The van der Waals surface area contributed by atoms with Gasteiger partial charge in [0.05, 0.1) is 12.2 Å². The molecular weight excluding hydrogens is 267 g/mol. The van der Waals surface area contributed by atoms with Crippen LogP contribution in [-0.4, -0.2) is 19.2 Å². The van der Waals surface area contributed by atoms with Crippen LogP contribution in [0.4, 0.5) is 15.8 Å². The number of nitrogen functional groups attached to an aromatic ring is 1. The lowest BCUT2D eigenvalue weighted by molar-refractivity contribution is 0.223. The molecule has 1 atom stereocenters. The number of halogens is 1. The molecule has 0 amide bonds. The number of ether oxygens (including phenoxy) is 1. The van der Waals surface area contributed by atoms with Gasteiger partial charge in [-0.2, -0.15) is 0 Å². The van der Waals surface area contributed by atoms with E-state index in [2.05, 4.69) is 0 Å². The van der Waals surface area contributed by atoms with Crippen LogP contribution in [0.15, 0.2) is 42.5 Å². The van der Waals surface area contributed by atoms with Gasteiger partial charge in [-0.05, 0) is 42.8 Å². The SMILES string of the molecule is Cc1cc(N)ccc1OC1CCN(c2ccccc2F)C1. The topological polar surface area (TPSA) is 38.5 Å². The molecule has 2 N–H and O–H groups in total. The van der Waals surface area contributed by atoms with Crippen molar-refractivity contribution in [3.63, 3.8) is 0 Å². The number of nitrogens with zero attached hydrogens (tertiary/aromatic N) is 1. The van der Waals surface area contributed by atoms with E-state index >= 15 is 0 Å². The van der Waals surface area contributed by atoms with Gasteiger partial charge in [0.1, 0.15) is 17.7 Å². The minimum absolute atomic E-state index is 0.0759. The molecule has 1 aliphatic heterocycles. The van der Waals surface area contributed by atoms with Crippen molar-refractivity contribution >= 4 is 11.4 Å². The van der Waals surface area contributed by atoms with Gasteiger partial charge in [0, 0.05) is 18.7 Å². The summed E-state index contributed by atoms with van der Waals surface area (Å²) >= 11 is 0. The fourth-order valence-electron chi connectivity index (χ4n) is 2.74. The predicted molar refractivity (Wildman–Crippen MR) is 83.2 cm³/mol. The van der Waals surface area contributed by atoms with Crippen molar-refractivity contribution in [2.24, 2.45) is 0 Å². The normalized spacial score (nSPS) is 18.0. The van der Waals surface area contributed by atoms with E-state index in [0.717, 1.165) is 30.0 Å². The van der Waals surface area contributed by atoms with Gasteiger partial charge in [-0.1, -0.05) is 12.1 Å². The van der Waals surface area contributed by atoms with Crippen molar-refractivity contribution in [3.8, 4) is 5.75 Å². The van der Waals surface area contributed by atoms with Gasteiger partial charge in [-0.3, -0.25) is 0 Å². The third kappa shape index (κ3) is 2.94. The maximum Gasteiger partial charge on any atom is 0.146 e. The number of hydrogen-bond donors (Lipinski definition) is 1. The summed E-state index contributed by atoms with van der Waals surface area (Å²) in [6.07, 6.45) is 0.963. The van der Waals surface area contributed by atoms with E-state index < -0.39 is 0 Å². The van der Waals surface area contributed by atoms with Gasteiger partial charge >= 0.3 is 0 Å². The Morgan fingerprint density at radius 3 is 2.81 bits per heavy atom. The zero-order valence-corrected chi connectivity index (χ0v) is 12.1. The van der Waals surface area contributed by atoms with Crippen LogP contribution in [0.1, 0.15) is 12.0 Å². The van der Waals surface area contributed by atoms with Crippen molar-refractivity contribution in [2.45, 2.75) is 19.4 Å². The monoisotopic (exact) mass is 286 g/mol. The van der Waals surface area contributed by atoms with E-state index in [-0.39, 0.29) is 11.9 Å². The number of anilines is 2. The molecule has 0 spiro atoms. The van der Waals surface area contributed by atoms with Crippen LogP contribution in [0.2, 0.25) is 0 Å². The molecule has 0 aliphatic carbocycles. The Kier molecular flexibility index (Phi) is 3.69. The summed E-state index contributed by atoms with van der Waals surface area (Å²) in [7, 11) is 0. The standard InChI is InChI=1S/C17H19FN2O/c1-12-10-13(19)6-7-17(12)21-14-8-9-20(11-14)16-5-3-2-4-15(16)18/h2-7,10,14H,8-9,11,19H2,1H3. The molecule has 4 heteroatoms. The maximum atomic E-state index is 13.8. The number of hydrogen-bond acceptors (Lipinski definition) is 3. The summed E-state index contributed by atoms with van der Waals surface area (Å²) in [6, 6.07) is 12.5. The second-order valence-electron chi connectivity index (χ2n) is 5.45. The Balaban J connectivity index is 1.69. The molecule has 1 aliphatic rings. The number of para-hydroxylation sites is 1. The molecule has 3 nitrogen and oxygen atoms in total. The smallest absolute Gasteiger partial charge is 0.146 e. The first-order valence-corrected chi connectivity index (χ1v) is 7.16. The summed E-state index contributed by atoms with van der Waals surface area (Å²) in [5.74, 6) is 0.673. The first-order valence-electron chi connectivity index (χ1n) is 7.16. The highest BCUT2D eigenvalue weighted by atomic mass is 19.1. The van der Waals surface area contributed by atoms with Crippen molar-refractivity contribution < 1.29 is 9.13 Å². The van der Waals surface area contributed by atoms with E-state index in [1.807, 2.05) is 42.2 Å². The zero-order valence-electron chi connectivity index (χ0n) is 12.1. The molecule has 0 radical (unpaired) electrons. The Morgan fingerprint density at radius 2 is 2.05 bits per heavy atom. The molecule has 1 unspecified atom stereocenters. The van der Waals surface area contributed by atoms with Gasteiger partial charge in [0.2, 0.25) is 0 Å². The van der Waals surface area contributed by atoms with Crippen LogP contribution in [0.25, 0.3) is 0 Å². The largest absolute Gasteiger partial charge is 0.488 e. The lowest BCUT2D eigenvalue weighted by Gasteiger charge is -2.20. The van der Waals surface area contributed by atoms with Gasteiger partial charge in [0.15, 0.2) is 0 Å². The van der Waals surface area contributed by atoms with E-state index in [4.69, 9.17) is 10.5 Å². The fourth-order valence-corrected chi connectivity index (χ4v) is 2.74. The lowest BCUT2D eigenvalue weighted by Crippen LogP contribution is -2.25. The molecule has 2 aromatic carbocycles. The van der Waals surface area contributed by atoms with Crippen LogP contribution in [0.5, 0.6) is 5.75 Å². The van der Waals surface area contributed by atoms with Crippen molar-refractivity contribution in [1.82, 2.24) is 0 Å². The van der Waals surface area contributed by atoms with E-state index in [9.17, 15) is 4.39 Å². The van der Waals surface area contributed by atoms with Crippen molar-refractivity contribution in [2.75, 3.05) is 23.7 Å². The fraction of sp³-hybridized carbons (Fsp3) is 0.294. The van der Waals surface area contributed by atoms with Crippen LogP contribution >= 0.6 is 0 Å². The summed E-state index contributed by atoms with van der Waals surface area (Å²) in [4.78, 5) is 2.03. The number of aryl methyl sites for hydroxylation is 1. The van der Waals surface area contributed by atoms with E-state index in [1.165, 1.54) is 6.07 Å². The summed E-state index contributed by atoms with van der Waals surface area (Å²) < 4.78 is 19.8. The quantitative estimate of drug-likeness (QED) is 0.879. The van der Waals surface area contributed by atoms with Crippen molar-refractivity contribution in [3.05, 3.63) is 53.8 Å². The molecule has 110 valence electrons. The number of rotatable bonds is 3. The molecular formula is C17H19FN2O. The molecule has 1 saturated heterocycles. The summed E-state index contributed by atoms with van der Waals surface area (Å²) in [6.45, 7) is 3.49. The zero-order chi connectivity index (χ0) is 14.8. The average molecular weight is 286 g/mol. The lowest BCUT2D eigenvalue weighted by atomic mass is 10.2. The molecule has 0 aromatic heterocycles. The molecule has 3 rings (SSSR count). The van der Waals surface area contributed by atoms with Crippen LogP contribution in [0.3, 0.4) is 0 Å². The predicted octanol–water partition coefficient (Wildman–Crippen LogP) is 3.37. The first kappa shape index (κ1) is 13.7. The third-order valence-corrected chi connectivity index (χ3v) is 3.83. The number of nitrogens with two attached hydrogens (primary N) is 1. The summed E-state index contributed by atoms with van der Waals surface area (Å²) in [5.41, 5.74) is 8.16. The van der Waals surface area contributed by atoms with Gasteiger partial charge in [-0.25, -0.2) is 4.39 Å². The molecule has 21 heavy (non-hydrogen) atoms. The molecule has 1 heterocycles. The second-order valence-corrected chi connectivity index (χ2v) is 5.45. The van der Waals surface area contributed by atoms with Crippen LogP contribution in [-0.2, 0) is 0 Å². The van der Waals surface area contributed by atoms with Crippen LogP contribution in [0, 0.1) is 12.7 Å². The second kappa shape index (κ2) is 5.64. The molecule has 0 saturated carbocycles. The average Bonchev–Trinajstić information content (AvgIpc) is 2.91. The maximum absolute atomic E-state index is 13.8. The Hall–Kier alpha value is -2.23. The van der Waals surface area contributed by atoms with Crippen LogP contribution < -0.4 is 15.4 Å². The summed E-state index contributed by atoms with van der Waals surface area (Å²) in [5, 5.41) is 0. The molecule has 0 bridgehead atoms. The highest BCUT2D eigenvalue weighted by Crippen LogP contribution is 2.27. The van der Waals surface area contributed by atoms with Gasteiger partial charge in [0.25, 0.3) is 0 Å². The minimum Gasteiger partial charge on any atom is -0.488 e. The Morgan fingerprint density at radius 1 is 1.24 bits per heavy atom. The number of benzene rings is 2. The highest BCUT2D eigenvalue weighted by Gasteiger charge is 2.26. The Labute approximate surface area is 124 Å². The van der Waals surface area contributed by atoms with E-state index in [0.29, 0.717) is 12.2 Å². The van der Waals surface area contributed by atoms with E-state index in [1.54, 1.807) is 6.07 Å². The minimum atomic E-state index is -0.179. The first-order chi connectivity index (χ1) is 10.1. The molecule has 2 aromatic rings. The van der Waals surface area contributed by atoms with Crippen molar-refractivity contribution in [1.29, 1.82) is 0 Å². The van der Waals surface area contributed by atoms with Gasteiger partial charge < -0.3 is 15.4 Å². The Bertz CT molecular complexity index is 644.